The van der Waals surface area contributed by atoms with Crippen LogP contribution in [0.15, 0.2) is 77.8 Å². The van der Waals surface area contributed by atoms with Crippen LogP contribution < -0.4 is 5.32 Å². The number of sulfone groups is 1. The second kappa shape index (κ2) is 8.31. The van der Waals surface area contributed by atoms with Crippen molar-refractivity contribution in [2.75, 3.05) is 5.32 Å². The number of para-hydroxylation sites is 1. The highest BCUT2D eigenvalue weighted by Gasteiger charge is 2.23. The summed E-state index contributed by atoms with van der Waals surface area (Å²) in [5.41, 5.74) is 1.47. The molecule has 1 N–H and O–H groups in total. The normalized spacial score (nSPS) is 11.5. The van der Waals surface area contributed by atoms with Crippen LogP contribution in [-0.2, 0) is 26.9 Å². The highest BCUT2D eigenvalue weighted by atomic mass is 32.2. The second-order valence-electron chi connectivity index (χ2n) is 7.20. The molecule has 0 aliphatic heterocycles. The number of halogens is 1. The molecule has 4 aromatic rings. The van der Waals surface area contributed by atoms with Gasteiger partial charge in [-0.15, -0.1) is 0 Å². The number of hydrogen-bond acceptors (Lipinski definition) is 4. The molecule has 0 unspecified atom stereocenters. The van der Waals surface area contributed by atoms with Crippen molar-refractivity contribution in [3.8, 4) is 0 Å². The molecule has 2 heterocycles. The average Bonchev–Trinajstić information content (AvgIpc) is 3.09. The van der Waals surface area contributed by atoms with Gasteiger partial charge in [-0.05, 0) is 31.2 Å². The summed E-state index contributed by atoms with van der Waals surface area (Å²) in [6.45, 7) is 1.73. The highest BCUT2D eigenvalue weighted by molar-refractivity contribution is 7.90. The Kier molecular flexibility index (Phi) is 5.56. The van der Waals surface area contributed by atoms with E-state index in [-0.39, 0.29) is 22.9 Å². The predicted molar refractivity (Wildman–Crippen MR) is 117 cm³/mol. The van der Waals surface area contributed by atoms with E-state index in [0.29, 0.717) is 16.7 Å². The van der Waals surface area contributed by atoms with Crippen molar-refractivity contribution in [3.63, 3.8) is 0 Å². The van der Waals surface area contributed by atoms with Crippen molar-refractivity contribution in [1.82, 2.24) is 9.55 Å². The summed E-state index contributed by atoms with van der Waals surface area (Å²) in [6, 6.07) is 18.0. The quantitative estimate of drug-likeness (QED) is 0.493. The van der Waals surface area contributed by atoms with Crippen LogP contribution in [0.5, 0.6) is 0 Å². The van der Waals surface area contributed by atoms with Crippen LogP contribution in [-0.4, -0.2) is 23.9 Å². The molecule has 8 heteroatoms. The van der Waals surface area contributed by atoms with Gasteiger partial charge in [0, 0.05) is 28.4 Å². The van der Waals surface area contributed by atoms with Crippen molar-refractivity contribution in [1.29, 1.82) is 0 Å². The van der Waals surface area contributed by atoms with Crippen molar-refractivity contribution in [2.24, 2.45) is 0 Å². The van der Waals surface area contributed by atoms with Gasteiger partial charge < -0.3 is 9.88 Å². The molecule has 0 spiro atoms. The minimum Gasteiger partial charge on any atom is -0.337 e. The van der Waals surface area contributed by atoms with Gasteiger partial charge in [-0.1, -0.05) is 42.5 Å². The molecule has 158 valence electrons. The van der Waals surface area contributed by atoms with E-state index in [1.165, 1.54) is 24.4 Å². The number of rotatable bonds is 6. The standard InChI is InChI=1S/C23H20FN3O3S/c1-16-7-6-12-22(25-16)26-23(28)14-27-13-21(18-9-3-5-11-20(18)27)31(29,30)15-17-8-2-4-10-19(17)24/h2-13H,14-15H2,1H3,(H,25,26,28). The van der Waals surface area contributed by atoms with E-state index in [1.54, 1.807) is 47.0 Å². The number of carbonyl (C=O) groups is 1. The molecule has 4 rings (SSSR count). The lowest BCUT2D eigenvalue weighted by Crippen LogP contribution is -2.19. The number of aromatic nitrogens is 2. The second-order valence-corrected chi connectivity index (χ2v) is 9.16. The van der Waals surface area contributed by atoms with Crippen LogP contribution in [0.3, 0.4) is 0 Å². The van der Waals surface area contributed by atoms with Gasteiger partial charge in [-0.3, -0.25) is 4.79 Å². The van der Waals surface area contributed by atoms with Gasteiger partial charge in [0.15, 0.2) is 9.84 Å². The van der Waals surface area contributed by atoms with Crippen LogP contribution in [0.4, 0.5) is 10.2 Å². The zero-order valence-electron chi connectivity index (χ0n) is 16.7. The van der Waals surface area contributed by atoms with Crippen molar-refractivity contribution < 1.29 is 17.6 Å². The average molecular weight is 437 g/mol. The third-order valence-electron chi connectivity index (χ3n) is 4.86. The molecule has 0 aliphatic carbocycles. The number of carbonyl (C=O) groups excluding carboxylic acids is 1. The van der Waals surface area contributed by atoms with E-state index in [4.69, 9.17) is 0 Å². The Morgan fingerprint density at radius 3 is 2.55 bits per heavy atom. The lowest BCUT2D eigenvalue weighted by molar-refractivity contribution is -0.116. The van der Waals surface area contributed by atoms with Crippen LogP contribution in [0.25, 0.3) is 10.9 Å². The number of nitrogens with one attached hydrogen (secondary N) is 1. The summed E-state index contributed by atoms with van der Waals surface area (Å²) >= 11 is 0. The Balaban J connectivity index is 1.66. The molecular weight excluding hydrogens is 417 g/mol. The summed E-state index contributed by atoms with van der Waals surface area (Å²) < 4.78 is 41.8. The van der Waals surface area contributed by atoms with Crippen LogP contribution in [0.2, 0.25) is 0 Å². The van der Waals surface area contributed by atoms with Gasteiger partial charge in [0.05, 0.1) is 10.6 Å². The number of hydrogen-bond donors (Lipinski definition) is 1. The van der Waals surface area contributed by atoms with E-state index < -0.39 is 21.4 Å². The first-order valence-electron chi connectivity index (χ1n) is 9.61. The Hall–Kier alpha value is -3.52. The molecule has 1 amide bonds. The van der Waals surface area contributed by atoms with Gasteiger partial charge in [0.1, 0.15) is 18.2 Å². The maximum atomic E-state index is 14.0. The minimum absolute atomic E-state index is 0.0628. The topological polar surface area (TPSA) is 81.1 Å². The number of pyridine rings is 1. The smallest absolute Gasteiger partial charge is 0.245 e. The molecule has 2 aromatic carbocycles. The SMILES string of the molecule is Cc1cccc(NC(=O)Cn2cc(S(=O)(=O)Cc3ccccc3F)c3ccccc32)n1. The van der Waals surface area contributed by atoms with Gasteiger partial charge in [-0.2, -0.15) is 0 Å². The molecule has 0 saturated carbocycles. The summed E-state index contributed by atoms with van der Waals surface area (Å²) in [4.78, 5) is 16.9. The number of fused-ring (bicyclic) bond motifs is 1. The van der Waals surface area contributed by atoms with Crippen LogP contribution in [0, 0.1) is 12.7 Å². The number of benzene rings is 2. The first kappa shape index (κ1) is 20.7. The molecule has 0 saturated heterocycles. The monoisotopic (exact) mass is 437 g/mol. The van der Waals surface area contributed by atoms with Gasteiger partial charge in [-0.25, -0.2) is 17.8 Å². The van der Waals surface area contributed by atoms with E-state index in [0.717, 1.165) is 5.69 Å². The molecule has 0 radical (unpaired) electrons. The number of anilines is 1. The van der Waals surface area contributed by atoms with Crippen molar-refractivity contribution in [3.05, 3.63) is 90.0 Å². The lowest BCUT2D eigenvalue weighted by atomic mass is 10.2. The Morgan fingerprint density at radius 1 is 1.03 bits per heavy atom. The Labute approximate surface area is 179 Å². The van der Waals surface area contributed by atoms with E-state index in [1.807, 2.05) is 13.0 Å². The molecule has 2 aromatic heterocycles. The fourth-order valence-electron chi connectivity index (χ4n) is 3.44. The summed E-state index contributed by atoms with van der Waals surface area (Å²) in [6.07, 6.45) is 1.43. The number of amides is 1. The Morgan fingerprint density at radius 2 is 1.77 bits per heavy atom. The first-order chi connectivity index (χ1) is 14.8. The minimum atomic E-state index is -3.85. The lowest BCUT2D eigenvalue weighted by Gasteiger charge is -2.07. The van der Waals surface area contributed by atoms with E-state index >= 15 is 0 Å². The van der Waals surface area contributed by atoms with Crippen molar-refractivity contribution in [2.45, 2.75) is 24.1 Å². The summed E-state index contributed by atoms with van der Waals surface area (Å²) in [7, 11) is -3.85. The Bertz CT molecular complexity index is 1380. The third kappa shape index (κ3) is 4.49. The predicted octanol–water partition coefficient (Wildman–Crippen LogP) is 4.10. The summed E-state index contributed by atoms with van der Waals surface area (Å²) in [5, 5.41) is 3.21. The summed E-state index contributed by atoms with van der Waals surface area (Å²) in [5.74, 6) is -0.946. The largest absolute Gasteiger partial charge is 0.337 e. The molecule has 0 aliphatic rings. The molecule has 31 heavy (non-hydrogen) atoms. The maximum Gasteiger partial charge on any atom is 0.245 e. The number of nitrogens with zero attached hydrogens (tertiary/aromatic N) is 2. The van der Waals surface area contributed by atoms with Gasteiger partial charge >= 0.3 is 0 Å². The van der Waals surface area contributed by atoms with E-state index in [9.17, 15) is 17.6 Å². The first-order valence-corrected chi connectivity index (χ1v) is 11.3. The fourth-order valence-corrected chi connectivity index (χ4v) is 5.03. The van der Waals surface area contributed by atoms with Crippen LogP contribution in [0.1, 0.15) is 11.3 Å². The van der Waals surface area contributed by atoms with E-state index in [2.05, 4.69) is 10.3 Å². The molecular formula is C23H20FN3O3S. The molecule has 0 atom stereocenters. The molecule has 0 fully saturated rings. The molecule has 6 nitrogen and oxygen atoms in total. The third-order valence-corrected chi connectivity index (χ3v) is 6.55. The zero-order chi connectivity index (χ0) is 22.0. The number of aryl methyl sites for hydroxylation is 1. The maximum absolute atomic E-state index is 14.0. The van der Waals surface area contributed by atoms with Gasteiger partial charge in [0.25, 0.3) is 0 Å². The molecule has 0 bridgehead atoms. The zero-order valence-corrected chi connectivity index (χ0v) is 17.6. The highest BCUT2D eigenvalue weighted by Crippen LogP contribution is 2.28. The van der Waals surface area contributed by atoms with Crippen LogP contribution >= 0.6 is 0 Å². The van der Waals surface area contributed by atoms with Gasteiger partial charge in [0.2, 0.25) is 5.91 Å². The fraction of sp³-hybridized carbons (Fsp3) is 0.130. The van der Waals surface area contributed by atoms with Crippen molar-refractivity contribution >= 4 is 32.5 Å².